The van der Waals surface area contributed by atoms with Crippen molar-refractivity contribution in [1.29, 1.82) is 0 Å². The van der Waals surface area contributed by atoms with Crippen LogP contribution in [0.2, 0.25) is 0 Å². The quantitative estimate of drug-likeness (QED) is 0.837. The number of nitrogens with two attached hydrogens (primary N) is 1. The van der Waals surface area contributed by atoms with E-state index in [0.29, 0.717) is 18.2 Å². The van der Waals surface area contributed by atoms with Gasteiger partial charge in [0.25, 0.3) is 0 Å². The normalized spacial score (nSPS) is 26.3. The molecule has 1 fully saturated rings. The van der Waals surface area contributed by atoms with Gasteiger partial charge in [-0.2, -0.15) is 0 Å². The second-order valence-electron chi connectivity index (χ2n) is 5.35. The Morgan fingerprint density at radius 2 is 1.94 bits per heavy atom. The maximum absolute atomic E-state index is 12.8. The Balaban J connectivity index is 2.32. The van der Waals surface area contributed by atoms with E-state index in [-0.39, 0.29) is 11.3 Å². The van der Waals surface area contributed by atoms with Crippen molar-refractivity contribution in [3.63, 3.8) is 0 Å². The topological polar surface area (TPSA) is 43.1 Å². The van der Waals surface area contributed by atoms with Crippen LogP contribution in [0, 0.1) is 11.8 Å². The van der Waals surface area contributed by atoms with E-state index in [0.717, 1.165) is 24.8 Å². The van der Waals surface area contributed by atoms with Crippen molar-refractivity contribution in [1.82, 2.24) is 0 Å². The predicted octanol–water partition coefficient (Wildman–Crippen LogP) is 2.91. The van der Waals surface area contributed by atoms with Crippen LogP contribution < -0.4 is 5.73 Å². The highest BCUT2D eigenvalue weighted by Gasteiger charge is 2.60. The zero-order chi connectivity index (χ0) is 13.2. The Labute approximate surface area is 110 Å². The van der Waals surface area contributed by atoms with Gasteiger partial charge in [0.1, 0.15) is 5.78 Å². The Hall–Kier alpha value is -1.15. The van der Waals surface area contributed by atoms with Crippen LogP contribution in [0.3, 0.4) is 0 Å². The summed E-state index contributed by atoms with van der Waals surface area (Å²) in [7, 11) is 0. The van der Waals surface area contributed by atoms with Crippen LogP contribution >= 0.6 is 0 Å². The average Bonchev–Trinajstić information content (AvgIpc) is 3.17. The molecule has 2 rings (SSSR count). The molecular formula is C16H23NO. The molecule has 1 aliphatic carbocycles. The second-order valence-corrected chi connectivity index (χ2v) is 5.35. The van der Waals surface area contributed by atoms with Crippen LogP contribution in [0.1, 0.15) is 38.7 Å². The smallest absolute Gasteiger partial charge is 0.146 e. The molecule has 0 heterocycles. The van der Waals surface area contributed by atoms with E-state index in [1.54, 1.807) is 0 Å². The molecule has 98 valence electrons. The molecule has 18 heavy (non-hydrogen) atoms. The molecule has 1 aromatic rings. The number of ketones is 1. The fourth-order valence-corrected chi connectivity index (χ4v) is 3.17. The van der Waals surface area contributed by atoms with E-state index in [1.807, 2.05) is 18.2 Å². The lowest BCUT2D eigenvalue weighted by Gasteiger charge is -2.22. The molecular weight excluding hydrogens is 222 g/mol. The van der Waals surface area contributed by atoms with Gasteiger partial charge in [0.15, 0.2) is 0 Å². The Morgan fingerprint density at radius 1 is 1.33 bits per heavy atom. The highest BCUT2D eigenvalue weighted by Crippen LogP contribution is 2.56. The first-order chi connectivity index (χ1) is 8.70. The lowest BCUT2D eigenvalue weighted by molar-refractivity contribution is -0.126. The van der Waals surface area contributed by atoms with Crippen molar-refractivity contribution in [2.75, 3.05) is 6.54 Å². The zero-order valence-corrected chi connectivity index (χ0v) is 11.4. The molecule has 2 N–H and O–H groups in total. The third-order valence-electron chi connectivity index (χ3n) is 4.47. The van der Waals surface area contributed by atoms with Crippen LogP contribution in [0.4, 0.5) is 0 Å². The minimum absolute atomic E-state index is 0.182. The van der Waals surface area contributed by atoms with Crippen LogP contribution in [0.15, 0.2) is 30.3 Å². The van der Waals surface area contributed by atoms with Crippen molar-refractivity contribution >= 4 is 5.78 Å². The third kappa shape index (κ3) is 1.99. The monoisotopic (exact) mass is 245 g/mol. The van der Waals surface area contributed by atoms with Crippen molar-refractivity contribution in [2.24, 2.45) is 17.6 Å². The summed E-state index contributed by atoms with van der Waals surface area (Å²) in [4.78, 5) is 12.8. The van der Waals surface area contributed by atoms with Gasteiger partial charge in [-0.05, 0) is 37.3 Å². The summed E-state index contributed by atoms with van der Waals surface area (Å²) in [5.41, 5.74) is 6.71. The number of hydrogen-bond donors (Lipinski definition) is 1. The Kier molecular flexibility index (Phi) is 3.86. The molecule has 1 aliphatic rings. The first kappa shape index (κ1) is 13.3. The molecule has 2 heteroatoms. The molecule has 0 aliphatic heterocycles. The van der Waals surface area contributed by atoms with Crippen molar-refractivity contribution in [3.05, 3.63) is 35.9 Å². The van der Waals surface area contributed by atoms with E-state index in [2.05, 4.69) is 26.0 Å². The number of carbonyl (C=O) groups is 1. The van der Waals surface area contributed by atoms with Gasteiger partial charge in [-0.25, -0.2) is 0 Å². The molecule has 0 radical (unpaired) electrons. The highest BCUT2D eigenvalue weighted by molar-refractivity contribution is 5.95. The summed E-state index contributed by atoms with van der Waals surface area (Å²) in [6.45, 7) is 4.82. The molecule has 0 bridgehead atoms. The summed E-state index contributed by atoms with van der Waals surface area (Å²) in [6.07, 6.45) is 2.80. The predicted molar refractivity (Wildman–Crippen MR) is 74.4 cm³/mol. The van der Waals surface area contributed by atoms with Crippen LogP contribution in [-0.4, -0.2) is 12.3 Å². The van der Waals surface area contributed by atoms with Gasteiger partial charge >= 0.3 is 0 Å². The lowest BCUT2D eigenvalue weighted by Crippen LogP contribution is -2.31. The fraction of sp³-hybridized carbons (Fsp3) is 0.562. The SMILES string of the molecule is CCC(CC)C(=O)C1(c2ccccc2)CC1CN. The van der Waals surface area contributed by atoms with Gasteiger partial charge in [-0.3, -0.25) is 4.79 Å². The largest absolute Gasteiger partial charge is 0.330 e. The number of carbonyl (C=O) groups excluding carboxylic acids is 1. The number of Topliss-reactive ketones (excluding diaryl/α,β-unsaturated/α-hetero) is 1. The first-order valence-corrected chi connectivity index (χ1v) is 7.00. The van der Waals surface area contributed by atoms with Gasteiger partial charge in [-0.15, -0.1) is 0 Å². The summed E-state index contributed by atoms with van der Waals surface area (Å²) in [6, 6.07) is 10.2. The van der Waals surface area contributed by atoms with Gasteiger partial charge in [0, 0.05) is 5.92 Å². The maximum atomic E-state index is 12.8. The van der Waals surface area contributed by atoms with E-state index in [4.69, 9.17) is 5.73 Å². The van der Waals surface area contributed by atoms with E-state index in [9.17, 15) is 4.79 Å². The summed E-state index contributed by atoms with van der Waals surface area (Å²) < 4.78 is 0. The average molecular weight is 245 g/mol. The molecule has 2 atom stereocenters. The maximum Gasteiger partial charge on any atom is 0.146 e. The van der Waals surface area contributed by atoms with Crippen LogP contribution in [-0.2, 0) is 10.2 Å². The molecule has 0 aromatic heterocycles. The van der Waals surface area contributed by atoms with Crippen molar-refractivity contribution < 1.29 is 4.79 Å². The summed E-state index contributed by atoms with van der Waals surface area (Å²) in [5, 5.41) is 0. The van der Waals surface area contributed by atoms with Gasteiger partial charge in [0.05, 0.1) is 5.41 Å². The van der Waals surface area contributed by atoms with Gasteiger partial charge < -0.3 is 5.73 Å². The Bertz CT molecular complexity index is 410. The first-order valence-electron chi connectivity index (χ1n) is 7.00. The number of rotatable bonds is 6. The third-order valence-corrected chi connectivity index (χ3v) is 4.47. The van der Waals surface area contributed by atoms with Crippen LogP contribution in [0.5, 0.6) is 0 Å². The van der Waals surface area contributed by atoms with Crippen LogP contribution in [0.25, 0.3) is 0 Å². The molecule has 1 saturated carbocycles. The molecule has 0 spiro atoms. The minimum Gasteiger partial charge on any atom is -0.330 e. The van der Waals surface area contributed by atoms with E-state index < -0.39 is 0 Å². The molecule has 1 aromatic carbocycles. The fourth-order valence-electron chi connectivity index (χ4n) is 3.17. The minimum atomic E-state index is -0.271. The van der Waals surface area contributed by atoms with Crippen molar-refractivity contribution in [3.8, 4) is 0 Å². The zero-order valence-electron chi connectivity index (χ0n) is 11.4. The van der Waals surface area contributed by atoms with Crippen molar-refractivity contribution in [2.45, 2.75) is 38.5 Å². The van der Waals surface area contributed by atoms with Gasteiger partial charge in [0.2, 0.25) is 0 Å². The number of benzene rings is 1. The van der Waals surface area contributed by atoms with Gasteiger partial charge in [-0.1, -0.05) is 44.2 Å². The standard InChI is InChI=1S/C16H23NO/c1-3-12(4-2)15(18)16(10-14(16)11-17)13-8-6-5-7-9-13/h5-9,12,14H,3-4,10-11,17H2,1-2H3. The van der Waals surface area contributed by atoms with E-state index in [1.165, 1.54) is 0 Å². The summed E-state index contributed by atoms with van der Waals surface area (Å²) in [5.74, 6) is 0.934. The number of hydrogen-bond acceptors (Lipinski definition) is 2. The molecule has 0 saturated heterocycles. The summed E-state index contributed by atoms with van der Waals surface area (Å²) >= 11 is 0. The Morgan fingerprint density at radius 3 is 2.39 bits per heavy atom. The molecule has 0 amide bonds. The second kappa shape index (κ2) is 5.23. The van der Waals surface area contributed by atoms with E-state index >= 15 is 0 Å². The lowest BCUT2D eigenvalue weighted by atomic mass is 9.80. The molecule has 2 nitrogen and oxygen atoms in total. The highest BCUT2D eigenvalue weighted by atomic mass is 16.1. The molecule has 2 unspecified atom stereocenters.